The van der Waals surface area contributed by atoms with Crippen molar-refractivity contribution in [2.24, 2.45) is 4.99 Å². The van der Waals surface area contributed by atoms with Crippen LogP contribution in [0.25, 0.3) is 10.9 Å². The van der Waals surface area contributed by atoms with E-state index in [1.165, 1.54) is 18.0 Å². The molecule has 4 aromatic rings. The molecule has 2 N–H and O–H groups in total. The first-order valence-electron chi connectivity index (χ1n) is 10.9. The van der Waals surface area contributed by atoms with Crippen molar-refractivity contribution in [1.29, 1.82) is 0 Å². The van der Waals surface area contributed by atoms with E-state index in [2.05, 4.69) is 18.7 Å². The molecule has 0 aliphatic heterocycles. The molecule has 0 fully saturated rings. The number of hydrogen-bond donors (Lipinski definition) is 2. The Kier molecular flexibility index (Phi) is 7.73. The standard InChI is InChI=1S/C26H25Cl2N3O2S/c1-3-30(4-2)16-17-13-20(15-25(26(17)32)34-21-8-5-18(27)6-9-21)29-23-11-12-31(33)24-14-19(28)7-10-22(23)24/h5-15,32-33H,3-4,16H2,1-2H3. The van der Waals surface area contributed by atoms with Gasteiger partial charge in [0, 0.05) is 38.6 Å². The van der Waals surface area contributed by atoms with Gasteiger partial charge in [0.05, 0.1) is 21.5 Å². The Balaban J connectivity index is 1.86. The fourth-order valence-corrected chi connectivity index (χ4v) is 4.91. The highest BCUT2D eigenvalue weighted by Gasteiger charge is 2.14. The molecule has 0 saturated carbocycles. The molecule has 3 aromatic carbocycles. The van der Waals surface area contributed by atoms with Crippen molar-refractivity contribution in [2.45, 2.75) is 30.2 Å². The van der Waals surface area contributed by atoms with E-state index in [0.717, 1.165) is 33.7 Å². The van der Waals surface area contributed by atoms with E-state index < -0.39 is 0 Å². The third kappa shape index (κ3) is 5.53. The minimum Gasteiger partial charge on any atom is -0.506 e. The van der Waals surface area contributed by atoms with Gasteiger partial charge in [0.25, 0.3) is 0 Å². The summed E-state index contributed by atoms with van der Waals surface area (Å²) in [5, 5.41) is 24.0. The average Bonchev–Trinajstić information content (AvgIpc) is 2.83. The zero-order valence-electron chi connectivity index (χ0n) is 18.9. The van der Waals surface area contributed by atoms with Gasteiger partial charge in [-0.1, -0.05) is 48.8 Å². The third-order valence-electron chi connectivity index (χ3n) is 5.57. The fourth-order valence-electron chi connectivity index (χ4n) is 3.69. The number of rotatable bonds is 7. The molecule has 0 amide bonds. The van der Waals surface area contributed by atoms with Gasteiger partial charge in [-0.15, -0.1) is 0 Å². The summed E-state index contributed by atoms with van der Waals surface area (Å²) in [4.78, 5) is 8.80. The number of nitrogens with zero attached hydrogens (tertiary/aromatic N) is 3. The van der Waals surface area contributed by atoms with Crippen molar-refractivity contribution >= 4 is 51.6 Å². The monoisotopic (exact) mass is 513 g/mol. The molecule has 176 valence electrons. The van der Waals surface area contributed by atoms with E-state index in [9.17, 15) is 10.3 Å². The van der Waals surface area contributed by atoms with Crippen LogP contribution in [-0.2, 0) is 6.54 Å². The molecule has 1 heterocycles. The van der Waals surface area contributed by atoms with E-state index in [1.54, 1.807) is 18.2 Å². The predicted molar refractivity (Wildman–Crippen MR) is 140 cm³/mol. The van der Waals surface area contributed by atoms with Gasteiger partial charge >= 0.3 is 0 Å². The largest absolute Gasteiger partial charge is 0.506 e. The van der Waals surface area contributed by atoms with Gasteiger partial charge in [-0.25, -0.2) is 4.99 Å². The summed E-state index contributed by atoms with van der Waals surface area (Å²) in [5.74, 6) is 0.253. The highest BCUT2D eigenvalue weighted by molar-refractivity contribution is 7.99. The quantitative estimate of drug-likeness (QED) is 0.258. The van der Waals surface area contributed by atoms with E-state index in [-0.39, 0.29) is 5.75 Å². The number of aromatic nitrogens is 1. The molecular formula is C26H25Cl2N3O2S. The molecular weight excluding hydrogens is 489 g/mol. The molecule has 0 spiro atoms. The topological polar surface area (TPSA) is 61.0 Å². The predicted octanol–water partition coefficient (Wildman–Crippen LogP) is 7.12. The van der Waals surface area contributed by atoms with E-state index >= 15 is 0 Å². The maximum absolute atomic E-state index is 11.1. The third-order valence-corrected chi connectivity index (χ3v) is 7.10. The van der Waals surface area contributed by atoms with Gasteiger partial charge in [0.1, 0.15) is 5.75 Å². The van der Waals surface area contributed by atoms with E-state index in [0.29, 0.717) is 38.0 Å². The van der Waals surface area contributed by atoms with Gasteiger partial charge in [0.2, 0.25) is 0 Å². The van der Waals surface area contributed by atoms with Crippen molar-refractivity contribution < 1.29 is 10.3 Å². The minimum absolute atomic E-state index is 0.253. The first-order valence-corrected chi connectivity index (χ1v) is 12.5. The van der Waals surface area contributed by atoms with Crippen LogP contribution in [0, 0.1) is 0 Å². The Morgan fingerprint density at radius 2 is 1.65 bits per heavy atom. The molecule has 34 heavy (non-hydrogen) atoms. The zero-order chi connectivity index (χ0) is 24.2. The normalized spacial score (nSPS) is 12.1. The number of aromatic hydroxyl groups is 1. The van der Waals surface area contributed by atoms with Gasteiger partial charge < -0.3 is 10.3 Å². The first kappa shape index (κ1) is 24.5. The Morgan fingerprint density at radius 1 is 0.941 bits per heavy atom. The lowest BCUT2D eigenvalue weighted by Crippen LogP contribution is -2.22. The average molecular weight is 514 g/mol. The summed E-state index contributed by atoms with van der Waals surface area (Å²) in [5.41, 5.74) is 2.08. The van der Waals surface area contributed by atoms with Gasteiger partial charge in [0.15, 0.2) is 0 Å². The maximum atomic E-state index is 11.1. The SMILES string of the molecule is CCN(CC)Cc1cc(N=c2ccn(O)c3cc(Cl)ccc23)cc(Sc2ccc(Cl)cc2)c1O. The van der Waals surface area contributed by atoms with Crippen LogP contribution in [0.5, 0.6) is 5.75 Å². The Hall–Kier alpha value is -2.64. The molecule has 8 heteroatoms. The summed E-state index contributed by atoms with van der Waals surface area (Å²) in [6, 6.07) is 18.4. The fraction of sp³-hybridized carbons (Fsp3) is 0.192. The second-order valence-corrected chi connectivity index (χ2v) is 9.78. The molecule has 5 nitrogen and oxygen atoms in total. The Labute approximate surface area is 212 Å². The zero-order valence-corrected chi connectivity index (χ0v) is 21.2. The van der Waals surface area contributed by atoms with Crippen molar-refractivity contribution in [3.8, 4) is 5.75 Å². The molecule has 0 bridgehead atoms. The van der Waals surface area contributed by atoms with Gasteiger partial charge in [-0.3, -0.25) is 4.90 Å². The Morgan fingerprint density at radius 3 is 2.35 bits per heavy atom. The lowest BCUT2D eigenvalue weighted by Gasteiger charge is -2.20. The summed E-state index contributed by atoms with van der Waals surface area (Å²) < 4.78 is 1.03. The number of pyridine rings is 1. The minimum atomic E-state index is 0.253. The van der Waals surface area contributed by atoms with Crippen LogP contribution >= 0.6 is 35.0 Å². The van der Waals surface area contributed by atoms with Crippen LogP contribution in [0.3, 0.4) is 0 Å². The number of fused-ring (bicyclic) bond motifs is 1. The molecule has 4 rings (SSSR count). The lowest BCUT2D eigenvalue weighted by molar-refractivity contribution is 0.198. The number of phenols is 1. The second kappa shape index (κ2) is 10.7. The highest BCUT2D eigenvalue weighted by Crippen LogP contribution is 2.40. The van der Waals surface area contributed by atoms with Crippen LogP contribution in [0.15, 0.2) is 81.6 Å². The molecule has 0 aliphatic rings. The summed E-state index contributed by atoms with van der Waals surface area (Å²) in [6.45, 7) is 6.56. The molecule has 0 radical (unpaired) electrons. The van der Waals surface area contributed by atoms with E-state index in [1.807, 2.05) is 42.5 Å². The van der Waals surface area contributed by atoms with E-state index in [4.69, 9.17) is 28.2 Å². The van der Waals surface area contributed by atoms with Crippen LogP contribution in [0.4, 0.5) is 5.69 Å². The maximum Gasteiger partial charge on any atom is 0.134 e. The number of benzene rings is 3. The lowest BCUT2D eigenvalue weighted by atomic mass is 10.1. The van der Waals surface area contributed by atoms with Crippen molar-refractivity contribution in [3.05, 3.63) is 87.8 Å². The first-order chi connectivity index (χ1) is 16.4. The van der Waals surface area contributed by atoms with Crippen LogP contribution in [0.1, 0.15) is 19.4 Å². The molecule has 1 aromatic heterocycles. The van der Waals surface area contributed by atoms with Gasteiger partial charge in [-0.05, 0) is 73.8 Å². The van der Waals surface area contributed by atoms with Gasteiger partial charge in [-0.2, -0.15) is 4.73 Å². The molecule has 0 aliphatic carbocycles. The second-order valence-electron chi connectivity index (χ2n) is 7.79. The number of halogens is 2. The Bertz CT molecular complexity index is 1380. The number of phenolic OH excluding ortho intramolecular Hbond substituents is 1. The van der Waals surface area contributed by atoms with Crippen molar-refractivity contribution in [1.82, 2.24) is 9.63 Å². The summed E-state index contributed by atoms with van der Waals surface area (Å²) >= 11 is 13.6. The molecule has 0 atom stereocenters. The van der Waals surface area contributed by atoms with Crippen LogP contribution in [0.2, 0.25) is 10.0 Å². The molecule has 0 unspecified atom stereocenters. The number of hydrogen-bond acceptors (Lipinski definition) is 5. The smallest absolute Gasteiger partial charge is 0.134 e. The van der Waals surface area contributed by atoms with Crippen LogP contribution < -0.4 is 5.36 Å². The van der Waals surface area contributed by atoms with Crippen molar-refractivity contribution in [3.63, 3.8) is 0 Å². The molecule has 0 saturated heterocycles. The van der Waals surface area contributed by atoms with Crippen LogP contribution in [-0.4, -0.2) is 33.0 Å². The highest BCUT2D eigenvalue weighted by atomic mass is 35.5. The summed E-state index contributed by atoms with van der Waals surface area (Å²) in [6.07, 6.45) is 1.54. The van der Waals surface area contributed by atoms with Crippen molar-refractivity contribution in [2.75, 3.05) is 13.1 Å². The summed E-state index contributed by atoms with van der Waals surface area (Å²) in [7, 11) is 0.